The van der Waals surface area contributed by atoms with Crippen LogP contribution in [0.5, 0.6) is 0 Å². The molecule has 1 aliphatic heterocycles. The van der Waals surface area contributed by atoms with Crippen LogP contribution in [0.3, 0.4) is 0 Å². The average molecular weight is 514 g/mol. The molecule has 36 heavy (non-hydrogen) atoms. The Labute approximate surface area is 216 Å². The number of thiazole rings is 1. The quantitative estimate of drug-likeness (QED) is 0.287. The number of carbonyl (C=O) groups excluding carboxylic acids is 1. The summed E-state index contributed by atoms with van der Waals surface area (Å²) in [5.41, 5.74) is 3.07. The number of aromatic nitrogens is 2. The van der Waals surface area contributed by atoms with Crippen LogP contribution in [0, 0.1) is 0 Å². The highest BCUT2D eigenvalue weighted by Gasteiger charge is 2.35. The van der Waals surface area contributed by atoms with Gasteiger partial charge in [-0.1, -0.05) is 59.9 Å². The van der Waals surface area contributed by atoms with Crippen LogP contribution in [-0.2, 0) is 9.53 Å². The normalized spacial score (nSPS) is 15.4. The number of carbonyl (C=O) groups is 1. The zero-order valence-corrected chi connectivity index (χ0v) is 21.4. The summed E-state index contributed by atoms with van der Waals surface area (Å²) in [5, 5.41) is 0. The number of ether oxygens (including phenoxy) is 1. The number of thioether (sulfide) groups is 1. The van der Waals surface area contributed by atoms with Gasteiger partial charge in [0.25, 0.3) is 5.56 Å². The molecule has 2 aromatic carbocycles. The molecule has 180 valence electrons. The number of nitrogens with zero attached hydrogens (tertiary/aromatic N) is 3. The van der Waals surface area contributed by atoms with Gasteiger partial charge in [0.15, 0.2) is 4.80 Å². The van der Waals surface area contributed by atoms with Gasteiger partial charge in [0, 0.05) is 22.9 Å². The fourth-order valence-electron chi connectivity index (χ4n) is 4.15. The summed E-state index contributed by atoms with van der Waals surface area (Å²) in [5.74, 6) is -0.486. The van der Waals surface area contributed by atoms with E-state index in [1.165, 1.54) is 11.3 Å². The van der Waals surface area contributed by atoms with Crippen LogP contribution in [0.4, 0.5) is 0 Å². The van der Waals surface area contributed by atoms with E-state index < -0.39 is 12.0 Å². The standard InChI is InChI=1S/C28H23N3O3S2/c1-3-34-27(33)23-24(19-9-5-4-6-10-19)30-28-31(25(23)20-11-13-21(35-2)14-12-20)26(32)22(36-28)16-18-8-7-15-29-17-18/h4-17,25H,3H2,1-2H3/b22-16-/t25-/m0/s1. The first-order valence-electron chi connectivity index (χ1n) is 11.4. The SMILES string of the molecule is CCOC(=O)C1=C(c2ccccc2)N=c2s/c(=C\c3cccnc3)c(=O)n2[C@H]1c1ccc(SC)cc1. The Morgan fingerprint density at radius 2 is 1.89 bits per heavy atom. The van der Waals surface area contributed by atoms with Crippen molar-refractivity contribution in [1.82, 2.24) is 9.55 Å². The number of fused-ring (bicyclic) bond motifs is 1. The van der Waals surface area contributed by atoms with Gasteiger partial charge >= 0.3 is 5.97 Å². The summed E-state index contributed by atoms with van der Waals surface area (Å²) < 4.78 is 7.63. The maximum atomic E-state index is 13.8. The average Bonchev–Trinajstić information content (AvgIpc) is 3.23. The second-order valence-corrected chi connectivity index (χ2v) is 9.88. The maximum absolute atomic E-state index is 13.8. The highest BCUT2D eigenvalue weighted by atomic mass is 32.2. The molecule has 5 rings (SSSR count). The van der Waals surface area contributed by atoms with Crippen molar-refractivity contribution in [1.29, 1.82) is 0 Å². The van der Waals surface area contributed by atoms with Crippen molar-refractivity contribution in [2.75, 3.05) is 12.9 Å². The maximum Gasteiger partial charge on any atom is 0.338 e. The van der Waals surface area contributed by atoms with E-state index in [-0.39, 0.29) is 12.2 Å². The Morgan fingerprint density at radius 3 is 2.56 bits per heavy atom. The Kier molecular flexibility index (Phi) is 6.97. The Hall–Kier alpha value is -3.75. The van der Waals surface area contributed by atoms with Crippen LogP contribution in [0.25, 0.3) is 11.8 Å². The van der Waals surface area contributed by atoms with Crippen molar-refractivity contribution in [2.24, 2.45) is 4.99 Å². The molecule has 1 atom stereocenters. The molecule has 0 bridgehead atoms. The first kappa shape index (κ1) is 24.0. The zero-order chi connectivity index (χ0) is 25.1. The first-order chi connectivity index (χ1) is 17.6. The third kappa shape index (κ3) is 4.57. The summed E-state index contributed by atoms with van der Waals surface area (Å²) >= 11 is 2.93. The van der Waals surface area contributed by atoms with E-state index in [1.54, 1.807) is 41.7 Å². The number of benzene rings is 2. The summed E-state index contributed by atoms with van der Waals surface area (Å²) in [7, 11) is 0. The van der Waals surface area contributed by atoms with Crippen LogP contribution in [0.1, 0.15) is 29.7 Å². The molecule has 0 unspecified atom stereocenters. The van der Waals surface area contributed by atoms with Crippen molar-refractivity contribution in [3.63, 3.8) is 0 Å². The van der Waals surface area contributed by atoms with Crippen LogP contribution in [-0.4, -0.2) is 28.4 Å². The van der Waals surface area contributed by atoms with Crippen molar-refractivity contribution in [2.45, 2.75) is 17.9 Å². The van der Waals surface area contributed by atoms with E-state index in [2.05, 4.69) is 4.98 Å². The second-order valence-electron chi connectivity index (χ2n) is 7.99. The van der Waals surface area contributed by atoms with Crippen LogP contribution >= 0.6 is 23.1 Å². The lowest BCUT2D eigenvalue weighted by atomic mass is 9.93. The Bertz CT molecular complexity index is 1610. The van der Waals surface area contributed by atoms with Crippen LogP contribution in [0.2, 0.25) is 0 Å². The second kappa shape index (κ2) is 10.5. The molecule has 3 heterocycles. The first-order valence-corrected chi connectivity index (χ1v) is 13.5. The fourth-order valence-corrected chi connectivity index (χ4v) is 5.56. The molecule has 6 nitrogen and oxygen atoms in total. The van der Waals surface area contributed by atoms with Gasteiger partial charge in [0.1, 0.15) is 0 Å². The number of pyridine rings is 1. The monoisotopic (exact) mass is 513 g/mol. The highest BCUT2D eigenvalue weighted by Crippen LogP contribution is 2.35. The molecule has 0 N–H and O–H groups in total. The molecule has 0 spiro atoms. The lowest BCUT2D eigenvalue weighted by molar-refractivity contribution is -0.138. The molecule has 0 radical (unpaired) electrons. The van der Waals surface area contributed by atoms with E-state index in [1.807, 2.05) is 73.0 Å². The smallest absolute Gasteiger partial charge is 0.338 e. The molecule has 1 aliphatic rings. The molecule has 0 saturated carbocycles. The van der Waals surface area contributed by atoms with Gasteiger partial charge in [-0.3, -0.25) is 14.3 Å². The van der Waals surface area contributed by atoms with Gasteiger partial charge in [-0.25, -0.2) is 9.79 Å². The van der Waals surface area contributed by atoms with E-state index in [0.29, 0.717) is 20.6 Å². The van der Waals surface area contributed by atoms with E-state index in [9.17, 15) is 9.59 Å². The molecule has 0 aliphatic carbocycles. The summed E-state index contributed by atoms with van der Waals surface area (Å²) in [6.45, 7) is 1.99. The van der Waals surface area contributed by atoms with Gasteiger partial charge in [0.2, 0.25) is 0 Å². The molecule has 4 aromatic rings. The molecular formula is C28H23N3O3S2. The predicted octanol–water partition coefficient (Wildman–Crippen LogP) is 4.05. The zero-order valence-electron chi connectivity index (χ0n) is 19.8. The number of rotatable bonds is 6. The van der Waals surface area contributed by atoms with Crippen LogP contribution in [0.15, 0.2) is 99.4 Å². The summed E-state index contributed by atoms with van der Waals surface area (Å²) in [6.07, 6.45) is 7.21. The number of hydrogen-bond acceptors (Lipinski definition) is 7. The minimum Gasteiger partial charge on any atom is -0.463 e. The third-order valence-electron chi connectivity index (χ3n) is 5.79. The molecule has 8 heteroatoms. The summed E-state index contributed by atoms with van der Waals surface area (Å²) in [4.78, 5) is 37.8. The van der Waals surface area contributed by atoms with Gasteiger partial charge in [0.05, 0.1) is 28.5 Å². The van der Waals surface area contributed by atoms with E-state index in [0.717, 1.165) is 21.6 Å². The van der Waals surface area contributed by atoms with Crippen LogP contribution < -0.4 is 14.9 Å². The molecule has 2 aromatic heterocycles. The van der Waals surface area contributed by atoms with E-state index >= 15 is 0 Å². The Balaban J connectivity index is 1.82. The molecular weight excluding hydrogens is 490 g/mol. The van der Waals surface area contributed by atoms with Crippen molar-refractivity contribution in [3.05, 3.63) is 121 Å². The minimum atomic E-state index is -0.678. The topological polar surface area (TPSA) is 73.6 Å². The molecule has 0 fully saturated rings. The minimum absolute atomic E-state index is 0.213. The third-order valence-corrected chi connectivity index (χ3v) is 7.51. The highest BCUT2D eigenvalue weighted by molar-refractivity contribution is 7.98. The number of esters is 1. The van der Waals surface area contributed by atoms with Crippen molar-refractivity contribution in [3.8, 4) is 0 Å². The molecule has 0 amide bonds. The summed E-state index contributed by atoms with van der Waals surface area (Å²) in [6, 6.07) is 20.5. The largest absolute Gasteiger partial charge is 0.463 e. The van der Waals surface area contributed by atoms with E-state index in [4.69, 9.17) is 9.73 Å². The lowest BCUT2D eigenvalue weighted by Gasteiger charge is -2.26. The van der Waals surface area contributed by atoms with Gasteiger partial charge < -0.3 is 4.74 Å². The fraction of sp³-hybridized carbons (Fsp3) is 0.143. The van der Waals surface area contributed by atoms with Crippen molar-refractivity contribution < 1.29 is 9.53 Å². The number of hydrogen-bond donors (Lipinski definition) is 0. The van der Waals surface area contributed by atoms with Gasteiger partial charge in [-0.15, -0.1) is 11.8 Å². The lowest BCUT2D eigenvalue weighted by Crippen LogP contribution is -2.40. The molecule has 0 saturated heterocycles. The predicted molar refractivity (Wildman–Crippen MR) is 144 cm³/mol. The van der Waals surface area contributed by atoms with Gasteiger partial charge in [-0.2, -0.15) is 0 Å². The van der Waals surface area contributed by atoms with Crippen molar-refractivity contribution >= 4 is 40.8 Å². The van der Waals surface area contributed by atoms with Gasteiger partial charge in [-0.05, 0) is 48.6 Å². The Morgan fingerprint density at radius 1 is 1.11 bits per heavy atom.